The highest BCUT2D eigenvalue weighted by Gasteiger charge is 2.41. The molecule has 4 heteroatoms. The van der Waals surface area contributed by atoms with Gasteiger partial charge in [0.05, 0.1) is 5.41 Å². The molecule has 1 saturated carbocycles. The lowest BCUT2D eigenvalue weighted by atomic mass is 9.73. The number of carboxylic acids is 1. The summed E-state index contributed by atoms with van der Waals surface area (Å²) in [5.41, 5.74) is -0.455. The molecule has 0 aromatic rings. The van der Waals surface area contributed by atoms with Crippen molar-refractivity contribution in [3.8, 4) is 0 Å². The minimum Gasteiger partial charge on any atom is -0.481 e. The van der Waals surface area contributed by atoms with E-state index in [2.05, 4.69) is 23.9 Å². The molecule has 0 spiro atoms. The fraction of sp³-hybridized carbons (Fsp3) is 0.933. The lowest BCUT2D eigenvalue weighted by Crippen LogP contribution is -2.49. The molecular weight excluding hydrogens is 240 g/mol. The van der Waals surface area contributed by atoms with Gasteiger partial charge < -0.3 is 14.9 Å². The molecule has 0 aromatic carbocycles. The summed E-state index contributed by atoms with van der Waals surface area (Å²) in [6.45, 7) is 2.87. The van der Waals surface area contributed by atoms with Gasteiger partial charge in [0.15, 0.2) is 0 Å². The van der Waals surface area contributed by atoms with Gasteiger partial charge in [0.2, 0.25) is 0 Å². The molecule has 2 aliphatic rings. The van der Waals surface area contributed by atoms with Crippen LogP contribution in [0.4, 0.5) is 0 Å². The Morgan fingerprint density at radius 1 is 1.21 bits per heavy atom. The highest BCUT2D eigenvalue weighted by atomic mass is 16.4. The SMILES string of the molecule is CN(C)C1CCN(CC2(C(=O)O)CCCCC2)CC1. The Kier molecular flexibility index (Phi) is 4.85. The summed E-state index contributed by atoms with van der Waals surface area (Å²) >= 11 is 0. The molecule has 0 unspecified atom stereocenters. The third kappa shape index (κ3) is 3.48. The third-order valence-electron chi connectivity index (χ3n) is 5.08. The van der Waals surface area contributed by atoms with Crippen LogP contribution < -0.4 is 0 Å². The van der Waals surface area contributed by atoms with Crippen LogP contribution in [0.1, 0.15) is 44.9 Å². The second-order valence-corrected chi connectivity index (χ2v) is 6.62. The molecule has 1 aliphatic heterocycles. The Morgan fingerprint density at radius 2 is 1.79 bits per heavy atom. The molecule has 0 amide bonds. The standard InChI is InChI=1S/C15H28N2O2/c1-16(2)13-6-10-17(11-7-13)12-15(14(18)19)8-4-3-5-9-15/h13H,3-12H2,1-2H3,(H,18,19). The van der Waals surface area contributed by atoms with Crippen molar-refractivity contribution in [1.29, 1.82) is 0 Å². The molecule has 0 atom stereocenters. The van der Waals surface area contributed by atoms with Gasteiger partial charge in [-0.3, -0.25) is 4.79 Å². The lowest BCUT2D eigenvalue weighted by Gasteiger charge is -2.41. The summed E-state index contributed by atoms with van der Waals surface area (Å²) in [6.07, 6.45) is 7.45. The summed E-state index contributed by atoms with van der Waals surface area (Å²) < 4.78 is 0. The Hall–Kier alpha value is -0.610. The van der Waals surface area contributed by atoms with Gasteiger partial charge in [-0.1, -0.05) is 19.3 Å². The molecule has 110 valence electrons. The molecule has 0 bridgehead atoms. The Bertz CT molecular complexity index is 303. The molecule has 1 heterocycles. The molecule has 19 heavy (non-hydrogen) atoms. The van der Waals surface area contributed by atoms with Crippen molar-refractivity contribution in [2.45, 2.75) is 51.0 Å². The van der Waals surface area contributed by atoms with Crippen LogP contribution in [0.5, 0.6) is 0 Å². The summed E-state index contributed by atoms with van der Waals surface area (Å²) in [6, 6.07) is 0.670. The number of hydrogen-bond acceptors (Lipinski definition) is 3. The monoisotopic (exact) mass is 268 g/mol. The number of aliphatic carboxylic acids is 1. The van der Waals surface area contributed by atoms with Crippen LogP contribution >= 0.6 is 0 Å². The zero-order chi connectivity index (χ0) is 13.9. The smallest absolute Gasteiger partial charge is 0.310 e. The van der Waals surface area contributed by atoms with Gasteiger partial charge in [-0.05, 0) is 52.9 Å². The van der Waals surface area contributed by atoms with Crippen molar-refractivity contribution in [2.75, 3.05) is 33.7 Å². The maximum absolute atomic E-state index is 11.7. The maximum atomic E-state index is 11.7. The van der Waals surface area contributed by atoms with Crippen LogP contribution in [0.2, 0.25) is 0 Å². The zero-order valence-corrected chi connectivity index (χ0v) is 12.4. The molecule has 1 N–H and O–H groups in total. The van der Waals surface area contributed by atoms with Crippen molar-refractivity contribution < 1.29 is 9.90 Å². The van der Waals surface area contributed by atoms with Gasteiger partial charge in [-0.2, -0.15) is 0 Å². The average Bonchev–Trinajstić information content (AvgIpc) is 2.40. The molecule has 2 fully saturated rings. The second-order valence-electron chi connectivity index (χ2n) is 6.62. The van der Waals surface area contributed by atoms with Crippen LogP contribution in [0.15, 0.2) is 0 Å². The van der Waals surface area contributed by atoms with E-state index in [-0.39, 0.29) is 0 Å². The normalized spacial score (nSPS) is 25.6. The summed E-state index contributed by atoms with van der Waals surface area (Å²) in [7, 11) is 4.28. The number of piperidine rings is 1. The molecule has 2 rings (SSSR count). The van der Waals surface area contributed by atoms with Crippen LogP contribution in [-0.4, -0.2) is 60.6 Å². The van der Waals surface area contributed by atoms with E-state index in [1.165, 1.54) is 19.3 Å². The fourth-order valence-electron chi connectivity index (χ4n) is 3.69. The number of carboxylic acid groups (broad SMARTS) is 1. The molecule has 0 aromatic heterocycles. The molecule has 1 aliphatic carbocycles. The maximum Gasteiger partial charge on any atom is 0.310 e. The molecule has 1 saturated heterocycles. The van der Waals surface area contributed by atoms with E-state index in [9.17, 15) is 9.90 Å². The first-order valence-electron chi connectivity index (χ1n) is 7.66. The van der Waals surface area contributed by atoms with Gasteiger partial charge in [-0.15, -0.1) is 0 Å². The van der Waals surface area contributed by atoms with Crippen molar-refractivity contribution in [3.05, 3.63) is 0 Å². The second kappa shape index (κ2) is 6.23. The molecular formula is C15H28N2O2. The molecule has 0 radical (unpaired) electrons. The average molecular weight is 268 g/mol. The van der Waals surface area contributed by atoms with E-state index in [0.29, 0.717) is 6.04 Å². The van der Waals surface area contributed by atoms with E-state index >= 15 is 0 Å². The number of rotatable bonds is 4. The number of likely N-dealkylation sites (tertiary alicyclic amines) is 1. The third-order valence-corrected chi connectivity index (χ3v) is 5.08. The Balaban J connectivity index is 1.90. The molecule has 4 nitrogen and oxygen atoms in total. The van der Waals surface area contributed by atoms with Crippen LogP contribution in [0.3, 0.4) is 0 Å². The topological polar surface area (TPSA) is 43.8 Å². The first kappa shape index (κ1) is 14.8. The Labute approximate surface area is 116 Å². The van der Waals surface area contributed by atoms with Crippen molar-refractivity contribution >= 4 is 5.97 Å². The van der Waals surface area contributed by atoms with Crippen molar-refractivity contribution in [1.82, 2.24) is 9.80 Å². The predicted octanol–water partition coefficient (Wildman–Crippen LogP) is 2.05. The summed E-state index contributed by atoms with van der Waals surface area (Å²) in [5, 5.41) is 9.62. The number of nitrogens with zero attached hydrogens (tertiary/aromatic N) is 2. The van der Waals surface area contributed by atoms with Gasteiger partial charge in [0, 0.05) is 12.6 Å². The van der Waals surface area contributed by atoms with Crippen molar-refractivity contribution in [3.63, 3.8) is 0 Å². The van der Waals surface area contributed by atoms with Crippen LogP contribution in [-0.2, 0) is 4.79 Å². The van der Waals surface area contributed by atoms with E-state index in [4.69, 9.17) is 0 Å². The summed E-state index contributed by atoms with van der Waals surface area (Å²) in [4.78, 5) is 16.4. The Morgan fingerprint density at radius 3 is 2.26 bits per heavy atom. The fourth-order valence-corrected chi connectivity index (χ4v) is 3.69. The van der Waals surface area contributed by atoms with Gasteiger partial charge in [0.25, 0.3) is 0 Å². The van der Waals surface area contributed by atoms with Crippen LogP contribution in [0, 0.1) is 5.41 Å². The number of hydrogen-bond donors (Lipinski definition) is 1. The zero-order valence-electron chi connectivity index (χ0n) is 12.4. The number of carbonyl (C=O) groups is 1. The van der Waals surface area contributed by atoms with E-state index in [0.717, 1.165) is 45.3 Å². The predicted molar refractivity (Wildman–Crippen MR) is 76.3 cm³/mol. The van der Waals surface area contributed by atoms with E-state index < -0.39 is 11.4 Å². The quantitative estimate of drug-likeness (QED) is 0.847. The van der Waals surface area contributed by atoms with Gasteiger partial charge in [-0.25, -0.2) is 0 Å². The van der Waals surface area contributed by atoms with E-state index in [1.807, 2.05) is 0 Å². The lowest BCUT2D eigenvalue weighted by molar-refractivity contribution is -0.152. The van der Waals surface area contributed by atoms with Gasteiger partial charge >= 0.3 is 5.97 Å². The largest absolute Gasteiger partial charge is 0.481 e. The van der Waals surface area contributed by atoms with E-state index in [1.54, 1.807) is 0 Å². The minimum absolute atomic E-state index is 0.455. The first-order chi connectivity index (χ1) is 9.03. The first-order valence-corrected chi connectivity index (χ1v) is 7.66. The highest BCUT2D eigenvalue weighted by Crippen LogP contribution is 2.38. The minimum atomic E-state index is -0.568. The highest BCUT2D eigenvalue weighted by molar-refractivity contribution is 5.75. The van der Waals surface area contributed by atoms with Crippen molar-refractivity contribution in [2.24, 2.45) is 5.41 Å². The van der Waals surface area contributed by atoms with Gasteiger partial charge in [0.1, 0.15) is 0 Å². The summed E-state index contributed by atoms with van der Waals surface area (Å²) in [5.74, 6) is -0.568. The van der Waals surface area contributed by atoms with Crippen LogP contribution in [0.25, 0.3) is 0 Å².